The zero-order chi connectivity index (χ0) is 30.1. The summed E-state index contributed by atoms with van der Waals surface area (Å²) in [5.41, 5.74) is 2.24. The van der Waals surface area contributed by atoms with E-state index >= 15 is 0 Å². The number of hydrogen-bond acceptors (Lipinski definition) is 7. The SMILES string of the molecule is O=S(=O)(c1cc(S(=O)(=O)N2CCCCC2)c(NCCN2CCCC2)cc1NCCCCc1ccccc1)N1CCCCC1. The predicted molar refractivity (Wildman–Crippen MR) is 174 cm³/mol. The Morgan fingerprint density at radius 2 is 1.09 bits per heavy atom. The fraction of sp³-hybridized carbons (Fsp3) is 0.625. The van der Waals surface area contributed by atoms with Crippen LogP contribution < -0.4 is 10.6 Å². The van der Waals surface area contributed by atoms with Crippen molar-refractivity contribution in [2.75, 3.05) is 69.5 Å². The molecule has 0 aliphatic carbocycles. The first-order chi connectivity index (χ1) is 20.9. The minimum atomic E-state index is -3.89. The van der Waals surface area contributed by atoms with Crippen LogP contribution in [0.5, 0.6) is 0 Å². The van der Waals surface area contributed by atoms with Crippen molar-refractivity contribution < 1.29 is 16.8 Å². The summed E-state index contributed by atoms with van der Waals surface area (Å²) in [6, 6.07) is 13.5. The van der Waals surface area contributed by atoms with Crippen LogP contribution in [0.1, 0.15) is 69.8 Å². The monoisotopic (exact) mass is 631 g/mol. The number of rotatable bonds is 14. The van der Waals surface area contributed by atoms with Gasteiger partial charge in [0.25, 0.3) is 0 Å². The van der Waals surface area contributed by atoms with Crippen molar-refractivity contribution in [3.63, 3.8) is 0 Å². The van der Waals surface area contributed by atoms with Crippen LogP contribution in [0.25, 0.3) is 0 Å². The third kappa shape index (κ3) is 8.30. The molecule has 0 aromatic heterocycles. The highest BCUT2D eigenvalue weighted by molar-refractivity contribution is 7.90. The van der Waals surface area contributed by atoms with E-state index in [1.54, 1.807) is 6.07 Å². The van der Waals surface area contributed by atoms with E-state index in [4.69, 9.17) is 0 Å². The molecule has 3 fully saturated rings. The molecule has 3 heterocycles. The highest BCUT2D eigenvalue weighted by Gasteiger charge is 2.34. The standard InChI is InChI=1S/C32H49N5O4S2/c38-42(39,36-21-8-2-9-22-36)31-27-32(43(40,41)37-23-10-3-11-24-37)30(34-18-25-35-19-12-13-20-35)26-29(31)33-17-7-6-16-28-14-4-1-5-15-28/h1,4-5,14-15,26-27,33-34H,2-3,6-13,16-25H2. The lowest BCUT2D eigenvalue weighted by molar-refractivity contribution is 0.345. The van der Waals surface area contributed by atoms with E-state index < -0.39 is 20.0 Å². The Balaban J connectivity index is 1.44. The second kappa shape index (κ2) is 15.2. The first-order valence-corrected chi connectivity index (χ1v) is 19.2. The number of unbranched alkanes of at least 4 members (excludes halogenated alkanes) is 1. The summed E-state index contributed by atoms with van der Waals surface area (Å²) >= 11 is 0. The summed E-state index contributed by atoms with van der Waals surface area (Å²) in [6.07, 6.45) is 10.5. The number of benzene rings is 2. The van der Waals surface area contributed by atoms with Crippen molar-refractivity contribution in [3.8, 4) is 0 Å². The van der Waals surface area contributed by atoms with E-state index in [1.807, 2.05) is 18.2 Å². The summed E-state index contributed by atoms with van der Waals surface area (Å²) in [5.74, 6) is 0. The molecular formula is C32H49N5O4S2. The molecule has 3 aliphatic rings. The van der Waals surface area contributed by atoms with Gasteiger partial charge in [0.05, 0.1) is 11.4 Å². The summed E-state index contributed by atoms with van der Waals surface area (Å²) < 4.78 is 59.4. The molecule has 5 rings (SSSR count). The maximum absolute atomic E-state index is 14.1. The van der Waals surface area contributed by atoms with Crippen molar-refractivity contribution in [1.29, 1.82) is 0 Å². The van der Waals surface area contributed by atoms with E-state index in [0.29, 0.717) is 50.6 Å². The van der Waals surface area contributed by atoms with Crippen molar-refractivity contribution in [2.45, 2.75) is 80.4 Å². The number of hydrogen-bond donors (Lipinski definition) is 2. The van der Waals surface area contributed by atoms with Gasteiger partial charge in [-0.3, -0.25) is 0 Å². The van der Waals surface area contributed by atoms with Gasteiger partial charge in [-0.05, 0) is 88.6 Å². The lowest BCUT2D eigenvalue weighted by Gasteiger charge is -2.30. The first kappa shape index (κ1) is 32.2. The van der Waals surface area contributed by atoms with Gasteiger partial charge in [-0.2, -0.15) is 8.61 Å². The largest absolute Gasteiger partial charge is 0.384 e. The van der Waals surface area contributed by atoms with Crippen LogP contribution in [-0.2, 0) is 26.5 Å². The fourth-order valence-corrected chi connectivity index (χ4v) is 9.89. The first-order valence-electron chi connectivity index (χ1n) is 16.3. The van der Waals surface area contributed by atoms with Crippen LogP contribution >= 0.6 is 0 Å². The molecule has 0 radical (unpaired) electrons. The van der Waals surface area contributed by atoms with Crippen molar-refractivity contribution in [2.24, 2.45) is 0 Å². The van der Waals surface area contributed by atoms with Crippen LogP contribution in [0, 0.1) is 0 Å². The molecule has 0 saturated carbocycles. The third-order valence-corrected chi connectivity index (χ3v) is 12.8. The van der Waals surface area contributed by atoms with Crippen LogP contribution in [-0.4, -0.2) is 89.2 Å². The molecule has 2 N–H and O–H groups in total. The van der Waals surface area contributed by atoms with Crippen LogP contribution in [0.4, 0.5) is 11.4 Å². The number of likely N-dealkylation sites (tertiary alicyclic amines) is 1. The number of aryl methyl sites for hydroxylation is 1. The number of nitrogens with zero attached hydrogens (tertiary/aromatic N) is 3. The Bertz CT molecular complexity index is 1380. The molecule has 2 aromatic rings. The van der Waals surface area contributed by atoms with Crippen LogP contribution in [0.2, 0.25) is 0 Å². The van der Waals surface area contributed by atoms with Crippen molar-refractivity contribution in [1.82, 2.24) is 13.5 Å². The molecule has 43 heavy (non-hydrogen) atoms. The zero-order valence-electron chi connectivity index (χ0n) is 25.5. The summed E-state index contributed by atoms with van der Waals surface area (Å²) in [5, 5.41) is 6.82. The number of anilines is 2. The maximum Gasteiger partial charge on any atom is 0.245 e. The average Bonchev–Trinajstić information content (AvgIpc) is 3.56. The predicted octanol–water partition coefficient (Wildman–Crippen LogP) is 4.98. The number of nitrogens with one attached hydrogen (secondary N) is 2. The van der Waals surface area contributed by atoms with Gasteiger partial charge >= 0.3 is 0 Å². The van der Waals surface area contributed by atoms with Crippen LogP contribution in [0.3, 0.4) is 0 Å². The second-order valence-electron chi connectivity index (χ2n) is 12.1. The van der Waals surface area contributed by atoms with Gasteiger partial charge in [-0.1, -0.05) is 43.2 Å². The molecule has 0 spiro atoms. The van der Waals surface area contributed by atoms with Gasteiger partial charge in [0, 0.05) is 45.8 Å². The minimum Gasteiger partial charge on any atom is -0.384 e. The minimum absolute atomic E-state index is 0.0677. The third-order valence-electron chi connectivity index (χ3n) is 8.94. The van der Waals surface area contributed by atoms with Gasteiger partial charge in [0.1, 0.15) is 9.79 Å². The van der Waals surface area contributed by atoms with Crippen LogP contribution in [0.15, 0.2) is 52.3 Å². The van der Waals surface area contributed by atoms with E-state index in [9.17, 15) is 16.8 Å². The van der Waals surface area contributed by atoms with Crippen molar-refractivity contribution >= 4 is 31.4 Å². The molecule has 9 nitrogen and oxygen atoms in total. The van der Waals surface area contributed by atoms with E-state index in [1.165, 1.54) is 33.1 Å². The summed E-state index contributed by atoms with van der Waals surface area (Å²) in [7, 11) is -7.78. The van der Waals surface area contributed by atoms with Gasteiger partial charge in [0.2, 0.25) is 20.0 Å². The van der Waals surface area contributed by atoms with Crippen molar-refractivity contribution in [3.05, 3.63) is 48.0 Å². The number of sulfonamides is 2. The molecule has 3 saturated heterocycles. The zero-order valence-corrected chi connectivity index (χ0v) is 27.1. The lowest BCUT2D eigenvalue weighted by Crippen LogP contribution is -2.37. The Kier molecular flexibility index (Phi) is 11.4. The highest BCUT2D eigenvalue weighted by Crippen LogP contribution is 2.36. The summed E-state index contributed by atoms with van der Waals surface area (Å²) in [6.45, 7) is 5.98. The topological polar surface area (TPSA) is 102 Å². The Morgan fingerprint density at radius 3 is 1.65 bits per heavy atom. The molecule has 2 aromatic carbocycles. The van der Waals surface area contributed by atoms with Gasteiger partial charge in [0.15, 0.2) is 0 Å². The molecule has 3 aliphatic heterocycles. The molecular weight excluding hydrogens is 583 g/mol. The van der Waals surface area contributed by atoms with Gasteiger partial charge in [-0.15, -0.1) is 0 Å². The van der Waals surface area contributed by atoms with Gasteiger partial charge < -0.3 is 15.5 Å². The summed E-state index contributed by atoms with van der Waals surface area (Å²) in [4.78, 5) is 2.52. The normalized spacial score (nSPS) is 19.4. The molecule has 0 atom stereocenters. The smallest absolute Gasteiger partial charge is 0.245 e. The van der Waals surface area contributed by atoms with E-state index in [2.05, 4.69) is 27.7 Å². The lowest BCUT2D eigenvalue weighted by atomic mass is 10.1. The highest BCUT2D eigenvalue weighted by atomic mass is 32.2. The molecule has 11 heteroatoms. The fourth-order valence-electron chi connectivity index (χ4n) is 6.43. The van der Waals surface area contributed by atoms with E-state index in [-0.39, 0.29) is 9.79 Å². The van der Waals surface area contributed by atoms with Gasteiger partial charge in [-0.25, -0.2) is 16.8 Å². The average molecular weight is 632 g/mol. The Morgan fingerprint density at radius 1 is 0.581 bits per heavy atom. The second-order valence-corrected chi connectivity index (χ2v) is 15.9. The number of piperidine rings is 2. The molecule has 0 amide bonds. The van der Waals surface area contributed by atoms with E-state index in [0.717, 1.165) is 77.4 Å². The maximum atomic E-state index is 14.1. The molecule has 0 bridgehead atoms. The Labute approximate surface area is 259 Å². The molecule has 238 valence electrons. The quantitative estimate of drug-likeness (QED) is 0.284. The molecule has 0 unspecified atom stereocenters. The Hall–Kier alpha value is -2.18.